The van der Waals surface area contributed by atoms with Gasteiger partial charge in [-0.1, -0.05) is 18.2 Å². The maximum atomic E-state index is 13.3. The summed E-state index contributed by atoms with van der Waals surface area (Å²) in [6.07, 6.45) is 2.75. The molecule has 0 saturated heterocycles. The van der Waals surface area contributed by atoms with Gasteiger partial charge in [-0.25, -0.2) is 4.74 Å². The molecule has 2 atom stereocenters. The van der Waals surface area contributed by atoms with Gasteiger partial charge in [-0.15, -0.1) is 0 Å². The summed E-state index contributed by atoms with van der Waals surface area (Å²) >= 11 is 0. The van der Waals surface area contributed by atoms with Gasteiger partial charge in [0.15, 0.2) is 6.21 Å². The molecule has 0 radical (unpaired) electrons. The summed E-state index contributed by atoms with van der Waals surface area (Å²) in [5, 5.41) is 11.6. The maximum absolute atomic E-state index is 13.3. The number of hydroxylamine groups is 1. The van der Waals surface area contributed by atoms with Gasteiger partial charge in [-0.05, 0) is 19.1 Å². The Bertz CT molecular complexity index is 500. The standard InChI is InChI=1S/C13H18NO3P/c1-3-17-18(16,12-8-5-4-6-9-12)13(2)10-7-11-14(13)15/h4-6,8-9,11H,3,7,10H2,1-2H3. The zero-order valence-corrected chi connectivity index (χ0v) is 11.6. The van der Waals surface area contributed by atoms with Crippen LogP contribution < -0.4 is 5.30 Å². The molecule has 2 rings (SSSR count). The van der Waals surface area contributed by atoms with E-state index in [0.29, 0.717) is 24.8 Å². The first-order valence-corrected chi connectivity index (χ1v) is 7.77. The normalized spacial score (nSPS) is 26.7. The fourth-order valence-electron chi connectivity index (χ4n) is 2.34. The lowest BCUT2D eigenvalue weighted by molar-refractivity contribution is -0.504. The Morgan fingerprint density at radius 3 is 2.61 bits per heavy atom. The van der Waals surface area contributed by atoms with Crippen molar-refractivity contribution in [1.29, 1.82) is 0 Å². The van der Waals surface area contributed by atoms with Crippen LogP contribution in [0, 0.1) is 5.21 Å². The highest BCUT2D eigenvalue weighted by Crippen LogP contribution is 2.61. The summed E-state index contributed by atoms with van der Waals surface area (Å²) in [6.45, 7) is 3.86. The molecule has 1 aromatic carbocycles. The molecule has 0 fully saturated rings. The van der Waals surface area contributed by atoms with Crippen LogP contribution in [0.25, 0.3) is 0 Å². The third kappa shape index (κ3) is 1.90. The summed E-state index contributed by atoms with van der Waals surface area (Å²) in [5.41, 5.74) is 0. The van der Waals surface area contributed by atoms with E-state index in [2.05, 4.69) is 0 Å². The van der Waals surface area contributed by atoms with E-state index in [0.717, 1.165) is 4.74 Å². The summed E-state index contributed by atoms with van der Waals surface area (Å²) in [5.74, 6) is 0. The Labute approximate surface area is 107 Å². The van der Waals surface area contributed by atoms with Crippen molar-refractivity contribution in [3.63, 3.8) is 0 Å². The summed E-state index contributed by atoms with van der Waals surface area (Å²) in [7, 11) is -3.21. The Kier molecular flexibility index (Phi) is 3.60. The van der Waals surface area contributed by atoms with Crippen LogP contribution in [0.5, 0.6) is 0 Å². The van der Waals surface area contributed by atoms with Crippen LogP contribution in [-0.2, 0) is 9.09 Å². The van der Waals surface area contributed by atoms with Crippen LogP contribution in [0.4, 0.5) is 0 Å². The van der Waals surface area contributed by atoms with Crippen molar-refractivity contribution >= 4 is 18.9 Å². The van der Waals surface area contributed by atoms with Gasteiger partial charge in [-0.3, -0.25) is 4.57 Å². The number of benzene rings is 1. The predicted molar refractivity (Wildman–Crippen MR) is 72.6 cm³/mol. The first-order valence-electron chi connectivity index (χ1n) is 6.15. The smallest absolute Gasteiger partial charge is 0.301 e. The van der Waals surface area contributed by atoms with Gasteiger partial charge in [0.05, 0.1) is 6.61 Å². The highest BCUT2D eigenvalue weighted by Gasteiger charge is 2.55. The molecule has 0 aliphatic carbocycles. The van der Waals surface area contributed by atoms with Crippen LogP contribution in [0.2, 0.25) is 0 Å². The van der Waals surface area contributed by atoms with E-state index in [-0.39, 0.29) is 0 Å². The van der Waals surface area contributed by atoms with Gasteiger partial charge in [0, 0.05) is 25.1 Å². The molecule has 0 aromatic heterocycles. The molecule has 5 heteroatoms. The van der Waals surface area contributed by atoms with Crippen LogP contribution in [0.3, 0.4) is 0 Å². The Morgan fingerprint density at radius 2 is 2.11 bits per heavy atom. The lowest BCUT2D eigenvalue weighted by atomic mass is 10.2. The monoisotopic (exact) mass is 267 g/mol. The lowest BCUT2D eigenvalue weighted by Gasteiger charge is -2.31. The Balaban J connectivity index is 2.52. The number of hydrogen-bond donors (Lipinski definition) is 0. The van der Waals surface area contributed by atoms with E-state index < -0.39 is 12.6 Å². The van der Waals surface area contributed by atoms with Gasteiger partial charge in [-0.2, -0.15) is 0 Å². The molecule has 18 heavy (non-hydrogen) atoms. The first kappa shape index (κ1) is 13.3. The number of rotatable bonds is 4. The maximum Gasteiger partial charge on any atom is 0.301 e. The fourth-order valence-corrected chi connectivity index (χ4v) is 5.01. The fraction of sp³-hybridized carbons (Fsp3) is 0.462. The van der Waals surface area contributed by atoms with Crippen LogP contribution >= 0.6 is 7.37 Å². The van der Waals surface area contributed by atoms with Crippen molar-refractivity contribution in [2.45, 2.75) is 32.0 Å². The molecular formula is C13H18NO3P. The average Bonchev–Trinajstić information content (AvgIpc) is 2.72. The molecular weight excluding hydrogens is 249 g/mol. The molecule has 0 amide bonds. The van der Waals surface area contributed by atoms with E-state index in [4.69, 9.17) is 4.52 Å². The molecule has 98 valence electrons. The topological polar surface area (TPSA) is 52.4 Å². The minimum Gasteiger partial charge on any atom is -0.623 e. The van der Waals surface area contributed by atoms with E-state index in [1.54, 1.807) is 32.2 Å². The number of hydrogen-bond acceptors (Lipinski definition) is 3. The summed E-state index contributed by atoms with van der Waals surface area (Å²) in [6, 6.07) is 9.04. The van der Waals surface area contributed by atoms with Crippen molar-refractivity contribution in [3.05, 3.63) is 35.5 Å². The molecule has 4 nitrogen and oxygen atoms in total. The minimum absolute atomic E-state index is 0.329. The quantitative estimate of drug-likeness (QED) is 0.479. The second-order valence-electron chi connectivity index (χ2n) is 4.57. The third-order valence-corrected chi connectivity index (χ3v) is 6.72. The molecule has 1 aliphatic rings. The van der Waals surface area contributed by atoms with Gasteiger partial charge in [0.2, 0.25) is 5.28 Å². The summed E-state index contributed by atoms with van der Waals surface area (Å²) < 4.78 is 19.6. The first-order chi connectivity index (χ1) is 8.54. The second kappa shape index (κ2) is 4.87. The SMILES string of the molecule is CCOP(=O)(c1ccccc1)C1(C)CCC=[N+]1[O-]. The molecule has 0 N–H and O–H groups in total. The van der Waals surface area contributed by atoms with Crippen molar-refractivity contribution in [3.8, 4) is 0 Å². The van der Waals surface area contributed by atoms with E-state index in [9.17, 15) is 9.77 Å². The molecule has 2 unspecified atom stereocenters. The van der Waals surface area contributed by atoms with Gasteiger partial charge in [0.1, 0.15) is 0 Å². The molecule has 0 bridgehead atoms. The third-order valence-electron chi connectivity index (χ3n) is 3.43. The molecule has 1 heterocycles. The van der Waals surface area contributed by atoms with E-state index in [1.807, 2.05) is 18.2 Å². The second-order valence-corrected chi connectivity index (χ2v) is 7.41. The average molecular weight is 267 g/mol. The lowest BCUT2D eigenvalue weighted by Crippen LogP contribution is -2.37. The number of nitrogens with zero attached hydrogens (tertiary/aromatic N) is 1. The van der Waals surface area contributed by atoms with Crippen LogP contribution in [0.1, 0.15) is 26.7 Å². The molecule has 0 saturated carbocycles. The Morgan fingerprint density at radius 1 is 1.44 bits per heavy atom. The van der Waals surface area contributed by atoms with E-state index in [1.165, 1.54) is 0 Å². The van der Waals surface area contributed by atoms with Crippen molar-refractivity contribution in [2.24, 2.45) is 0 Å². The minimum atomic E-state index is -3.21. The van der Waals surface area contributed by atoms with Crippen molar-refractivity contribution < 1.29 is 13.8 Å². The molecule has 1 aromatic rings. The van der Waals surface area contributed by atoms with Gasteiger partial charge >= 0.3 is 7.37 Å². The summed E-state index contributed by atoms with van der Waals surface area (Å²) in [4.78, 5) is 0. The highest BCUT2D eigenvalue weighted by atomic mass is 31.2. The van der Waals surface area contributed by atoms with Gasteiger partial charge < -0.3 is 9.73 Å². The molecule has 0 spiro atoms. The Hall–Kier alpha value is -1.12. The van der Waals surface area contributed by atoms with Gasteiger partial charge in [0.25, 0.3) is 0 Å². The zero-order valence-electron chi connectivity index (χ0n) is 10.7. The van der Waals surface area contributed by atoms with Crippen molar-refractivity contribution in [1.82, 2.24) is 0 Å². The largest absolute Gasteiger partial charge is 0.623 e. The van der Waals surface area contributed by atoms with E-state index >= 15 is 0 Å². The predicted octanol–water partition coefficient (Wildman–Crippen LogP) is 2.72. The zero-order chi connectivity index (χ0) is 13.2. The molecule has 1 aliphatic heterocycles. The van der Waals surface area contributed by atoms with Crippen LogP contribution in [0.15, 0.2) is 30.3 Å². The highest BCUT2D eigenvalue weighted by molar-refractivity contribution is 7.68. The van der Waals surface area contributed by atoms with Crippen molar-refractivity contribution in [2.75, 3.05) is 6.61 Å². The van der Waals surface area contributed by atoms with Crippen LogP contribution in [-0.4, -0.2) is 22.8 Å².